The Labute approximate surface area is 94.8 Å². The lowest BCUT2D eigenvalue weighted by Gasteiger charge is -2.13. The van der Waals surface area contributed by atoms with E-state index in [1.807, 2.05) is 19.2 Å². The van der Waals surface area contributed by atoms with Crippen LogP contribution in [0.2, 0.25) is 0 Å². The molecule has 0 aromatic carbocycles. The van der Waals surface area contributed by atoms with Gasteiger partial charge in [-0.1, -0.05) is 0 Å². The fourth-order valence-corrected chi connectivity index (χ4v) is 2.26. The van der Waals surface area contributed by atoms with Gasteiger partial charge >= 0.3 is 5.97 Å². The van der Waals surface area contributed by atoms with Crippen molar-refractivity contribution in [3.05, 3.63) is 23.5 Å². The van der Waals surface area contributed by atoms with Crippen molar-refractivity contribution in [1.29, 1.82) is 0 Å². The Balaban J connectivity index is 2.12. The predicted octanol–water partition coefficient (Wildman–Crippen LogP) is 2.06. The zero-order valence-electron chi connectivity index (χ0n) is 9.64. The van der Waals surface area contributed by atoms with Crippen LogP contribution in [0.4, 0.5) is 0 Å². The van der Waals surface area contributed by atoms with Gasteiger partial charge in [-0.3, -0.25) is 0 Å². The molecule has 4 nitrogen and oxygen atoms in total. The number of aryl methyl sites for hydroxylation is 1. The van der Waals surface area contributed by atoms with Gasteiger partial charge in [0.25, 0.3) is 0 Å². The van der Waals surface area contributed by atoms with Crippen molar-refractivity contribution in [2.45, 2.75) is 45.4 Å². The molecule has 1 saturated heterocycles. The van der Waals surface area contributed by atoms with E-state index in [-0.39, 0.29) is 6.10 Å². The third-order valence-electron chi connectivity index (χ3n) is 3.09. The molecule has 1 aliphatic rings. The molecule has 1 N–H and O–H groups in total. The maximum absolute atomic E-state index is 11.1. The van der Waals surface area contributed by atoms with Gasteiger partial charge < -0.3 is 14.4 Å². The fourth-order valence-electron chi connectivity index (χ4n) is 2.26. The molecule has 0 bridgehead atoms. The Morgan fingerprint density at radius 2 is 2.38 bits per heavy atom. The van der Waals surface area contributed by atoms with Crippen LogP contribution in [0, 0.1) is 6.92 Å². The van der Waals surface area contributed by atoms with Crippen molar-refractivity contribution in [1.82, 2.24) is 4.57 Å². The van der Waals surface area contributed by atoms with Gasteiger partial charge in [-0.15, -0.1) is 0 Å². The first-order valence-electron chi connectivity index (χ1n) is 5.62. The van der Waals surface area contributed by atoms with Crippen LogP contribution in [0.5, 0.6) is 0 Å². The van der Waals surface area contributed by atoms with Crippen molar-refractivity contribution in [2.24, 2.45) is 0 Å². The van der Waals surface area contributed by atoms with Crippen molar-refractivity contribution in [3.63, 3.8) is 0 Å². The van der Waals surface area contributed by atoms with E-state index in [2.05, 4.69) is 6.92 Å². The monoisotopic (exact) mass is 223 g/mol. The molecule has 0 saturated carbocycles. The Hall–Kier alpha value is -1.29. The minimum Gasteiger partial charge on any atom is -0.477 e. The number of carbonyl (C=O) groups is 1. The van der Waals surface area contributed by atoms with Crippen molar-refractivity contribution in [3.8, 4) is 0 Å². The summed E-state index contributed by atoms with van der Waals surface area (Å²) in [4.78, 5) is 11.1. The number of aromatic carboxylic acids is 1. The summed E-state index contributed by atoms with van der Waals surface area (Å²) in [6.45, 7) is 4.51. The maximum atomic E-state index is 11.1. The van der Waals surface area contributed by atoms with Crippen LogP contribution in [0.15, 0.2) is 12.3 Å². The predicted molar refractivity (Wildman–Crippen MR) is 59.7 cm³/mol. The third-order valence-corrected chi connectivity index (χ3v) is 3.09. The minimum absolute atomic E-state index is 0.153. The summed E-state index contributed by atoms with van der Waals surface area (Å²) >= 11 is 0. The highest BCUT2D eigenvalue weighted by atomic mass is 16.5. The van der Waals surface area contributed by atoms with E-state index in [1.165, 1.54) is 0 Å². The van der Waals surface area contributed by atoms with E-state index in [0.29, 0.717) is 18.3 Å². The van der Waals surface area contributed by atoms with Crippen LogP contribution < -0.4 is 0 Å². The molecule has 0 radical (unpaired) electrons. The van der Waals surface area contributed by atoms with Crippen LogP contribution in [-0.4, -0.2) is 27.9 Å². The SMILES string of the molecule is Cc1ccn(CC2CCC(C)O2)c1C(=O)O. The topological polar surface area (TPSA) is 51.5 Å². The molecule has 1 aliphatic heterocycles. The van der Waals surface area contributed by atoms with E-state index in [9.17, 15) is 4.79 Å². The highest BCUT2D eigenvalue weighted by molar-refractivity contribution is 5.87. The summed E-state index contributed by atoms with van der Waals surface area (Å²) in [5, 5.41) is 9.10. The molecule has 2 atom stereocenters. The van der Waals surface area contributed by atoms with Crippen LogP contribution in [0.25, 0.3) is 0 Å². The van der Waals surface area contributed by atoms with Gasteiger partial charge in [-0.05, 0) is 38.3 Å². The standard InChI is InChI=1S/C12H17NO3/c1-8-5-6-13(11(8)12(14)15)7-10-4-3-9(2)16-10/h5-6,9-10H,3-4,7H2,1-2H3,(H,14,15). The lowest BCUT2D eigenvalue weighted by atomic mass is 10.2. The molecular weight excluding hydrogens is 206 g/mol. The number of nitrogens with zero attached hydrogens (tertiary/aromatic N) is 1. The van der Waals surface area contributed by atoms with Crippen molar-refractivity contribution >= 4 is 5.97 Å². The van der Waals surface area contributed by atoms with Crippen molar-refractivity contribution in [2.75, 3.05) is 0 Å². The first kappa shape index (κ1) is 11.2. The molecule has 2 unspecified atom stereocenters. The summed E-state index contributed by atoms with van der Waals surface area (Å²) < 4.78 is 7.47. The number of hydrogen-bond acceptors (Lipinski definition) is 2. The van der Waals surface area contributed by atoms with Gasteiger partial charge in [0, 0.05) is 12.7 Å². The van der Waals surface area contributed by atoms with Crippen LogP contribution in [-0.2, 0) is 11.3 Å². The van der Waals surface area contributed by atoms with Gasteiger partial charge in [0.15, 0.2) is 0 Å². The van der Waals surface area contributed by atoms with Gasteiger partial charge in [0.1, 0.15) is 5.69 Å². The number of rotatable bonds is 3. The molecule has 0 aliphatic carbocycles. The van der Waals surface area contributed by atoms with Crippen LogP contribution in [0.3, 0.4) is 0 Å². The molecule has 2 rings (SSSR count). The largest absolute Gasteiger partial charge is 0.477 e. The number of carboxylic acid groups (broad SMARTS) is 1. The number of ether oxygens (including phenoxy) is 1. The summed E-state index contributed by atoms with van der Waals surface area (Å²) in [6, 6.07) is 1.84. The molecule has 4 heteroatoms. The smallest absolute Gasteiger partial charge is 0.352 e. The Morgan fingerprint density at radius 1 is 1.62 bits per heavy atom. The quantitative estimate of drug-likeness (QED) is 0.853. The molecule has 1 aromatic rings. The second-order valence-corrected chi connectivity index (χ2v) is 4.45. The maximum Gasteiger partial charge on any atom is 0.352 e. The average molecular weight is 223 g/mol. The highest BCUT2D eigenvalue weighted by Crippen LogP contribution is 2.22. The number of aromatic nitrogens is 1. The second-order valence-electron chi connectivity index (χ2n) is 4.45. The molecule has 0 spiro atoms. The van der Waals surface area contributed by atoms with Gasteiger partial charge in [-0.2, -0.15) is 0 Å². The first-order valence-corrected chi connectivity index (χ1v) is 5.62. The van der Waals surface area contributed by atoms with Gasteiger partial charge in [0.2, 0.25) is 0 Å². The fraction of sp³-hybridized carbons (Fsp3) is 0.583. The summed E-state index contributed by atoms with van der Waals surface area (Å²) in [5.74, 6) is -0.867. The molecule has 88 valence electrons. The van der Waals surface area contributed by atoms with E-state index >= 15 is 0 Å². The molecular formula is C12H17NO3. The lowest BCUT2D eigenvalue weighted by molar-refractivity contribution is 0.0444. The van der Waals surface area contributed by atoms with Gasteiger partial charge in [-0.25, -0.2) is 4.79 Å². The van der Waals surface area contributed by atoms with E-state index in [4.69, 9.17) is 9.84 Å². The van der Waals surface area contributed by atoms with E-state index < -0.39 is 5.97 Å². The zero-order chi connectivity index (χ0) is 11.7. The Kier molecular flexibility index (Phi) is 3.01. The lowest BCUT2D eigenvalue weighted by Crippen LogP contribution is -2.19. The molecule has 0 amide bonds. The average Bonchev–Trinajstić information content (AvgIpc) is 2.74. The molecule has 1 aromatic heterocycles. The Bertz CT molecular complexity index is 397. The zero-order valence-corrected chi connectivity index (χ0v) is 9.64. The number of hydrogen-bond donors (Lipinski definition) is 1. The number of carboxylic acids is 1. The third kappa shape index (κ3) is 2.11. The summed E-state index contributed by atoms with van der Waals surface area (Å²) in [7, 11) is 0. The Morgan fingerprint density at radius 3 is 2.94 bits per heavy atom. The second kappa shape index (κ2) is 4.29. The highest BCUT2D eigenvalue weighted by Gasteiger charge is 2.24. The minimum atomic E-state index is -0.867. The first-order chi connectivity index (χ1) is 7.58. The molecule has 16 heavy (non-hydrogen) atoms. The summed E-state index contributed by atoms with van der Waals surface area (Å²) in [5.41, 5.74) is 1.18. The van der Waals surface area contributed by atoms with Crippen LogP contribution >= 0.6 is 0 Å². The summed E-state index contributed by atoms with van der Waals surface area (Å²) in [6.07, 6.45) is 4.35. The molecule has 2 heterocycles. The van der Waals surface area contributed by atoms with E-state index in [1.54, 1.807) is 4.57 Å². The van der Waals surface area contributed by atoms with E-state index in [0.717, 1.165) is 18.4 Å². The normalized spacial score (nSPS) is 24.9. The van der Waals surface area contributed by atoms with Crippen molar-refractivity contribution < 1.29 is 14.6 Å². The van der Waals surface area contributed by atoms with Gasteiger partial charge in [0.05, 0.1) is 12.2 Å². The molecule has 1 fully saturated rings. The van der Waals surface area contributed by atoms with Crippen LogP contribution in [0.1, 0.15) is 35.8 Å².